The molecule has 3 N–H and O–H groups in total. The summed E-state index contributed by atoms with van der Waals surface area (Å²) in [5.41, 5.74) is 2.58. The molecule has 0 bridgehead atoms. The molecule has 0 saturated carbocycles. The highest BCUT2D eigenvalue weighted by Crippen LogP contribution is 2.20. The number of carbonyl (C=O) groups is 2. The predicted molar refractivity (Wildman–Crippen MR) is 107 cm³/mol. The smallest absolute Gasteiger partial charge is 0.414 e. The number of hydrogen-bond donors (Lipinski definition) is 3. The van der Waals surface area contributed by atoms with Crippen molar-refractivity contribution in [3.8, 4) is 0 Å². The van der Waals surface area contributed by atoms with E-state index in [0.29, 0.717) is 6.54 Å². The number of carboxylic acids is 2. The molecule has 0 heterocycles. The highest BCUT2D eigenvalue weighted by Gasteiger charge is 2.09. The van der Waals surface area contributed by atoms with Gasteiger partial charge in [0.2, 0.25) is 0 Å². The van der Waals surface area contributed by atoms with E-state index in [1.165, 1.54) is 21.9 Å². The first-order valence-electron chi connectivity index (χ1n) is 8.81. The van der Waals surface area contributed by atoms with Crippen molar-refractivity contribution in [2.24, 2.45) is 0 Å². The van der Waals surface area contributed by atoms with Crippen LogP contribution in [0.25, 0.3) is 10.8 Å². The molecule has 3 aromatic rings. The van der Waals surface area contributed by atoms with Gasteiger partial charge in [-0.05, 0) is 21.9 Å². The van der Waals surface area contributed by atoms with Gasteiger partial charge in [0.1, 0.15) is 0 Å². The normalized spacial score (nSPS) is 10.4. The second-order valence-electron chi connectivity index (χ2n) is 6.17. The van der Waals surface area contributed by atoms with E-state index in [0.717, 1.165) is 13.1 Å². The predicted octanol–water partition coefficient (Wildman–Crippen LogP) is 2.99. The first-order chi connectivity index (χ1) is 13.5. The fourth-order valence-electron chi connectivity index (χ4n) is 2.87. The number of fused-ring (bicyclic) bond motifs is 1. The SMILES string of the molecule is O=C(O)C(=O)O.OCCN(Cc1ccccc1)Cc1cccc2ccccc12. The average molecular weight is 381 g/mol. The zero-order valence-corrected chi connectivity index (χ0v) is 15.4. The Morgan fingerprint density at radius 2 is 1.36 bits per heavy atom. The van der Waals surface area contributed by atoms with Gasteiger partial charge in [-0.3, -0.25) is 4.90 Å². The first-order valence-corrected chi connectivity index (χ1v) is 8.81. The van der Waals surface area contributed by atoms with E-state index < -0.39 is 11.9 Å². The van der Waals surface area contributed by atoms with Gasteiger partial charge in [0.15, 0.2) is 0 Å². The van der Waals surface area contributed by atoms with Crippen LogP contribution in [0.5, 0.6) is 0 Å². The van der Waals surface area contributed by atoms with E-state index in [2.05, 4.69) is 71.6 Å². The van der Waals surface area contributed by atoms with Crippen molar-refractivity contribution in [3.63, 3.8) is 0 Å². The number of aliphatic hydroxyl groups excluding tert-OH is 1. The Hall–Kier alpha value is -3.22. The maximum Gasteiger partial charge on any atom is 0.414 e. The van der Waals surface area contributed by atoms with Crippen LogP contribution in [-0.4, -0.2) is 45.3 Å². The van der Waals surface area contributed by atoms with Crippen LogP contribution in [0.3, 0.4) is 0 Å². The minimum Gasteiger partial charge on any atom is -0.473 e. The Morgan fingerprint density at radius 1 is 0.750 bits per heavy atom. The molecule has 3 rings (SSSR count). The fraction of sp³-hybridized carbons (Fsp3) is 0.182. The van der Waals surface area contributed by atoms with Crippen molar-refractivity contribution in [3.05, 3.63) is 83.9 Å². The lowest BCUT2D eigenvalue weighted by Crippen LogP contribution is -2.26. The van der Waals surface area contributed by atoms with Gasteiger partial charge in [-0.2, -0.15) is 0 Å². The number of aliphatic hydroxyl groups is 1. The molecule has 0 atom stereocenters. The van der Waals surface area contributed by atoms with Gasteiger partial charge in [0.05, 0.1) is 6.61 Å². The van der Waals surface area contributed by atoms with Crippen molar-refractivity contribution in [1.29, 1.82) is 0 Å². The summed E-state index contributed by atoms with van der Waals surface area (Å²) in [5.74, 6) is -3.65. The van der Waals surface area contributed by atoms with E-state index in [-0.39, 0.29) is 6.61 Å². The lowest BCUT2D eigenvalue weighted by atomic mass is 10.0. The Kier molecular flexibility index (Phi) is 8.14. The number of benzene rings is 3. The second kappa shape index (κ2) is 10.8. The largest absolute Gasteiger partial charge is 0.473 e. The molecule has 146 valence electrons. The third-order valence-electron chi connectivity index (χ3n) is 4.12. The molecular weight excluding hydrogens is 358 g/mol. The van der Waals surface area contributed by atoms with Crippen LogP contribution in [0.15, 0.2) is 72.8 Å². The van der Waals surface area contributed by atoms with Gasteiger partial charge in [-0.25, -0.2) is 9.59 Å². The van der Waals surface area contributed by atoms with Crippen LogP contribution < -0.4 is 0 Å². The highest BCUT2D eigenvalue weighted by molar-refractivity contribution is 6.27. The second-order valence-corrected chi connectivity index (χ2v) is 6.17. The van der Waals surface area contributed by atoms with E-state index in [1.54, 1.807) is 0 Å². The van der Waals surface area contributed by atoms with Gasteiger partial charge < -0.3 is 15.3 Å². The summed E-state index contributed by atoms with van der Waals surface area (Å²) in [4.78, 5) is 20.5. The van der Waals surface area contributed by atoms with Crippen LogP contribution in [0.1, 0.15) is 11.1 Å². The Bertz CT molecular complexity index is 894. The monoisotopic (exact) mass is 381 g/mol. The lowest BCUT2D eigenvalue weighted by Gasteiger charge is -2.22. The maximum absolute atomic E-state index is 9.36. The Balaban J connectivity index is 0.000000409. The van der Waals surface area contributed by atoms with E-state index in [9.17, 15) is 5.11 Å². The van der Waals surface area contributed by atoms with Crippen LogP contribution >= 0.6 is 0 Å². The van der Waals surface area contributed by atoms with Gasteiger partial charge in [-0.15, -0.1) is 0 Å². The molecular formula is C22H23NO5. The summed E-state index contributed by atoms with van der Waals surface area (Å²) < 4.78 is 0. The van der Waals surface area contributed by atoms with Crippen LogP contribution in [0.4, 0.5) is 0 Å². The first kappa shape index (κ1) is 21.1. The molecule has 0 saturated heterocycles. The summed E-state index contributed by atoms with van der Waals surface area (Å²) in [6, 6.07) is 25.3. The number of rotatable bonds is 6. The molecule has 0 aromatic heterocycles. The van der Waals surface area contributed by atoms with Gasteiger partial charge in [0.25, 0.3) is 0 Å². The van der Waals surface area contributed by atoms with Gasteiger partial charge >= 0.3 is 11.9 Å². The quantitative estimate of drug-likeness (QED) is 0.568. The molecule has 0 radical (unpaired) electrons. The third kappa shape index (κ3) is 6.50. The lowest BCUT2D eigenvalue weighted by molar-refractivity contribution is -0.159. The van der Waals surface area contributed by atoms with Crippen molar-refractivity contribution in [2.75, 3.05) is 13.2 Å². The summed E-state index contributed by atoms with van der Waals surface area (Å²) in [7, 11) is 0. The van der Waals surface area contributed by atoms with Crippen LogP contribution in [0.2, 0.25) is 0 Å². The minimum absolute atomic E-state index is 0.178. The number of nitrogens with zero attached hydrogens (tertiary/aromatic N) is 1. The number of carboxylic acid groups (broad SMARTS) is 2. The number of hydrogen-bond acceptors (Lipinski definition) is 4. The average Bonchev–Trinajstić information content (AvgIpc) is 2.70. The summed E-state index contributed by atoms with van der Waals surface area (Å²) in [6.07, 6.45) is 0. The van der Waals surface area contributed by atoms with Crippen molar-refractivity contribution >= 4 is 22.7 Å². The molecule has 0 aliphatic carbocycles. The highest BCUT2D eigenvalue weighted by atomic mass is 16.4. The Morgan fingerprint density at radius 3 is 2.00 bits per heavy atom. The van der Waals surface area contributed by atoms with Crippen LogP contribution in [-0.2, 0) is 22.7 Å². The summed E-state index contributed by atoms with van der Waals surface area (Å²) in [5, 5.41) is 26.7. The van der Waals surface area contributed by atoms with E-state index >= 15 is 0 Å². The standard InChI is InChI=1S/C20H21NO.C2H2O4/c22-14-13-21(15-17-7-2-1-3-8-17)16-19-11-6-10-18-9-4-5-12-20(18)19;3-1(4)2(5)6/h1-12,22H,13-16H2;(H,3,4)(H,5,6). The molecule has 0 aliphatic rings. The third-order valence-corrected chi connectivity index (χ3v) is 4.12. The van der Waals surface area contributed by atoms with Crippen LogP contribution in [0, 0.1) is 0 Å². The molecule has 0 unspecified atom stereocenters. The molecule has 0 amide bonds. The van der Waals surface area contributed by atoms with E-state index in [4.69, 9.17) is 19.8 Å². The summed E-state index contributed by atoms with van der Waals surface area (Å²) >= 11 is 0. The maximum atomic E-state index is 9.36. The van der Waals surface area contributed by atoms with Gasteiger partial charge in [-0.1, -0.05) is 72.8 Å². The molecule has 0 spiro atoms. The van der Waals surface area contributed by atoms with E-state index in [1.807, 2.05) is 6.07 Å². The number of aliphatic carboxylic acids is 2. The van der Waals surface area contributed by atoms with Gasteiger partial charge in [0, 0.05) is 19.6 Å². The molecule has 3 aromatic carbocycles. The fourth-order valence-corrected chi connectivity index (χ4v) is 2.87. The molecule has 6 heteroatoms. The summed E-state index contributed by atoms with van der Waals surface area (Å²) in [6.45, 7) is 2.55. The Labute approximate surface area is 163 Å². The minimum atomic E-state index is -1.82. The molecule has 6 nitrogen and oxygen atoms in total. The molecule has 28 heavy (non-hydrogen) atoms. The van der Waals surface area contributed by atoms with Crippen molar-refractivity contribution in [1.82, 2.24) is 4.90 Å². The zero-order chi connectivity index (χ0) is 20.4. The zero-order valence-electron chi connectivity index (χ0n) is 15.4. The molecule has 0 aliphatic heterocycles. The van der Waals surface area contributed by atoms with Crippen molar-refractivity contribution < 1.29 is 24.9 Å². The topological polar surface area (TPSA) is 98.1 Å². The molecule has 0 fully saturated rings. The van der Waals surface area contributed by atoms with Crippen molar-refractivity contribution in [2.45, 2.75) is 13.1 Å².